The number of carboxylic acids is 1. The highest BCUT2D eigenvalue weighted by molar-refractivity contribution is 14.1. The summed E-state index contributed by atoms with van der Waals surface area (Å²) in [4.78, 5) is 24.9. The molecule has 0 spiro atoms. The van der Waals surface area contributed by atoms with E-state index >= 15 is 0 Å². The molecule has 1 atom stereocenters. The largest absolute Gasteiger partial charge is 0.480 e. The number of aromatic nitrogens is 4. The van der Waals surface area contributed by atoms with Crippen molar-refractivity contribution in [1.29, 1.82) is 0 Å². The van der Waals surface area contributed by atoms with Crippen LogP contribution < -0.4 is 20.9 Å². The zero-order chi connectivity index (χ0) is 20.5. The maximum absolute atomic E-state index is 11.0. The van der Waals surface area contributed by atoms with Crippen molar-refractivity contribution < 1.29 is 19.4 Å². The summed E-state index contributed by atoms with van der Waals surface area (Å²) in [6.45, 7) is 0.700. The van der Waals surface area contributed by atoms with Crippen LogP contribution in [0.5, 0.6) is 11.5 Å². The van der Waals surface area contributed by atoms with Gasteiger partial charge < -0.3 is 30.6 Å². The second-order valence-electron chi connectivity index (χ2n) is 6.30. The number of halogens is 1. The first kappa shape index (κ1) is 20.0. The van der Waals surface area contributed by atoms with Gasteiger partial charge in [-0.2, -0.15) is 0 Å². The normalized spacial score (nSPS) is 13.7. The number of ether oxygens (including phenoxy) is 2. The number of carboxylic acid groups (broad SMARTS) is 1. The van der Waals surface area contributed by atoms with Gasteiger partial charge in [-0.05, 0) is 47.6 Å². The van der Waals surface area contributed by atoms with E-state index < -0.39 is 12.0 Å². The van der Waals surface area contributed by atoms with Crippen LogP contribution in [0.4, 0.5) is 5.82 Å². The number of rotatable bonds is 7. The van der Waals surface area contributed by atoms with Crippen molar-refractivity contribution >= 4 is 57.3 Å². The van der Waals surface area contributed by atoms with Crippen molar-refractivity contribution in [3.8, 4) is 11.5 Å². The summed E-state index contributed by atoms with van der Waals surface area (Å²) in [5, 5.41) is 9.67. The third kappa shape index (κ3) is 4.04. The van der Waals surface area contributed by atoms with Gasteiger partial charge in [0.25, 0.3) is 0 Å². The lowest BCUT2D eigenvalue weighted by atomic mass is 10.2. The lowest BCUT2D eigenvalue weighted by molar-refractivity contribution is -0.138. The fourth-order valence-electron chi connectivity index (χ4n) is 2.88. The molecule has 0 bridgehead atoms. The van der Waals surface area contributed by atoms with E-state index in [-0.39, 0.29) is 6.79 Å². The molecule has 0 saturated carbocycles. The SMILES string of the molecule is Nc1ncnc2c1nc(Sc1cc3c(cc1I)OCO3)n2CCC[C@H](N)C(=O)O. The highest BCUT2D eigenvalue weighted by Crippen LogP contribution is 2.41. The first-order chi connectivity index (χ1) is 13.9. The summed E-state index contributed by atoms with van der Waals surface area (Å²) in [5.41, 5.74) is 12.7. The first-order valence-corrected chi connectivity index (χ1v) is 10.6. The number of nitrogen functional groups attached to an aromatic ring is 1. The minimum atomic E-state index is -1.02. The third-order valence-corrected chi connectivity index (χ3v) is 6.68. The van der Waals surface area contributed by atoms with E-state index in [0.717, 1.165) is 8.47 Å². The third-order valence-electron chi connectivity index (χ3n) is 4.37. The van der Waals surface area contributed by atoms with Crippen molar-refractivity contribution in [2.45, 2.75) is 35.5 Å². The second kappa shape index (κ2) is 8.20. The maximum Gasteiger partial charge on any atom is 0.320 e. The lowest BCUT2D eigenvalue weighted by Gasteiger charge is -2.11. The summed E-state index contributed by atoms with van der Waals surface area (Å²) < 4.78 is 13.8. The van der Waals surface area contributed by atoms with Gasteiger partial charge in [-0.1, -0.05) is 11.8 Å². The predicted octanol–water partition coefficient (Wildman–Crippen LogP) is 2.09. The van der Waals surface area contributed by atoms with E-state index in [0.29, 0.717) is 53.0 Å². The Kier molecular flexibility index (Phi) is 5.65. The Morgan fingerprint density at radius 3 is 2.86 bits per heavy atom. The molecule has 0 saturated heterocycles. The number of aliphatic carboxylic acids is 1. The standard InChI is InChI=1S/C17H17IN6O4S/c18-8-4-10-11(28-7-27-10)5-12(8)29-17-23-13-14(20)21-6-22-15(13)24(17)3-1-2-9(19)16(25)26/h4-6,9H,1-3,7,19H2,(H,25,26)(H2,20,21,22)/t9-/m0/s1. The number of aryl methyl sites for hydroxylation is 1. The molecule has 1 aliphatic heterocycles. The molecule has 2 aromatic heterocycles. The number of imidazole rings is 1. The summed E-state index contributed by atoms with van der Waals surface area (Å²) in [7, 11) is 0. The highest BCUT2D eigenvalue weighted by Gasteiger charge is 2.21. The van der Waals surface area contributed by atoms with Crippen LogP contribution in [0.1, 0.15) is 12.8 Å². The number of nitrogens with zero attached hydrogens (tertiary/aromatic N) is 4. The van der Waals surface area contributed by atoms with E-state index in [1.54, 1.807) is 0 Å². The molecule has 5 N–H and O–H groups in total. The molecule has 29 heavy (non-hydrogen) atoms. The average molecular weight is 528 g/mol. The number of fused-ring (bicyclic) bond motifs is 2. The maximum atomic E-state index is 11.0. The number of nitrogens with two attached hydrogens (primary N) is 2. The highest BCUT2D eigenvalue weighted by atomic mass is 127. The Balaban J connectivity index is 1.66. The molecule has 1 aliphatic rings. The number of carbonyl (C=O) groups is 1. The first-order valence-electron chi connectivity index (χ1n) is 8.66. The minimum Gasteiger partial charge on any atom is -0.480 e. The number of hydrogen-bond acceptors (Lipinski definition) is 9. The fraction of sp³-hybridized carbons (Fsp3) is 0.294. The van der Waals surface area contributed by atoms with Crippen molar-refractivity contribution in [3.05, 3.63) is 22.0 Å². The van der Waals surface area contributed by atoms with Crippen LogP contribution in [0, 0.1) is 3.57 Å². The Bertz CT molecular complexity index is 1090. The topological polar surface area (TPSA) is 151 Å². The van der Waals surface area contributed by atoms with E-state index in [2.05, 4.69) is 37.5 Å². The molecule has 0 amide bonds. The molecule has 152 valence electrons. The molecule has 0 fully saturated rings. The minimum absolute atomic E-state index is 0.202. The summed E-state index contributed by atoms with van der Waals surface area (Å²) in [6, 6.07) is 2.92. The quantitative estimate of drug-likeness (QED) is 0.389. The number of benzene rings is 1. The van der Waals surface area contributed by atoms with Gasteiger partial charge in [0.05, 0.1) is 0 Å². The van der Waals surface area contributed by atoms with Gasteiger partial charge in [0.15, 0.2) is 33.6 Å². The van der Waals surface area contributed by atoms with Gasteiger partial charge in [-0.3, -0.25) is 4.79 Å². The van der Waals surface area contributed by atoms with E-state index in [9.17, 15) is 4.79 Å². The zero-order valence-corrected chi connectivity index (χ0v) is 18.0. The van der Waals surface area contributed by atoms with Gasteiger partial charge >= 0.3 is 5.97 Å². The van der Waals surface area contributed by atoms with E-state index in [1.165, 1.54) is 18.1 Å². The van der Waals surface area contributed by atoms with Gasteiger partial charge in [0, 0.05) is 15.0 Å². The Morgan fingerprint density at radius 1 is 1.34 bits per heavy atom. The molecule has 3 heterocycles. The van der Waals surface area contributed by atoms with E-state index in [1.807, 2.05) is 16.7 Å². The molecule has 10 nitrogen and oxygen atoms in total. The van der Waals surface area contributed by atoms with Gasteiger partial charge in [-0.25, -0.2) is 15.0 Å². The fourth-order valence-corrected chi connectivity index (χ4v) is 4.59. The van der Waals surface area contributed by atoms with Crippen LogP contribution in [0.25, 0.3) is 11.2 Å². The van der Waals surface area contributed by atoms with Crippen molar-refractivity contribution in [2.24, 2.45) is 5.73 Å². The molecule has 0 radical (unpaired) electrons. The summed E-state index contributed by atoms with van der Waals surface area (Å²) in [6.07, 6.45) is 2.27. The molecule has 4 rings (SSSR count). The Labute approximate surface area is 183 Å². The summed E-state index contributed by atoms with van der Waals surface area (Å²) in [5.74, 6) is 0.669. The second-order valence-corrected chi connectivity index (χ2v) is 8.47. The smallest absolute Gasteiger partial charge is 0.320 e. The van der Waals surface area contributed by atoms with Crippen LogP contribution in [-0.2, 0) is 11.3 Å². The Hall–Kier alpha value is -2.32. The van der Waals surface area contributed by atoms with Crippen molar-refractivity contribution in [1.82, 2.24) is 19.5 Å². The molecule has 3 aromatic rings. The van der Waals surface area contributed by atoms with Crippen LogP contribution in [0.2, 0.25) is 0 Å². The molecule has 1 aromatic carbocycles. The monoisotopic (exact) mass is 528 g/mol. The van der Waals surface area contributed by atoms with Crippen molar-refractivity contribution in [3.63, 3.8) is 0 Å². The van der Waals surface area contributed by atoms with Crippen LogP contribution in [0.3, 0.4) is 0 Å². The lowest BCUT2D eigenvalue weighted by Crippen LogP contribution is -2.30. The molecular weight excluding hydrogens is 511 g/mol. The molecular formula is C17H17IN6O4S. The molecule has 0 unspecified atom stereocenters. The van der Waals surface area contributed by atoms with Gasteiger partial charge in [-0.15, -0.1) is 0 Å². The van der Waals surface area contributed by atoms with Crippen LogP contribution in [0.15, 0.2) is 28.5 Å². The Morgan fingerprint density at radius 2 is 2.10 bits per heavy atom. The molecule has 0 aliphatic carbocycles. The van der Waals surface area contributed by atoms with Gasteiger partial charge in [0.1, 0.15) is 12.4 Å². The number of hydrogen-bond donors (Lipinski definition) is 3. The number of anilines is 1. The van der Waals surface area contributed by atoms with E-state index in [4.69, 9.17) is 26.0 Å². The average Bonchev–Trinajstić information content (AvgIpc) is 3.27. The molecule has 12 heteroatoms. The summed E-state index contributed by atoms with van der Waals surface area (Å²) >= 11 is 3.68. The predicted molar refractivity (Wildman–Crippen MR) is 114 cm³/mol. The van der Waals surface area contributed by atoms with Crippen LogP contribution >= 0.6 is 34.4 Å². The van der Waals surface area contributed by atoms with Crippen LogP contribution in [-0.4, -0.2) is 43.4 Å². The van der Waals surface area contributed by atoms with Crippen molar-refractivity contribution in [2.75, 3.05) is 12.5 Å². The zero-order valence-electron chi connectivity index (χ0n) is 15.0. The van der Waals surface area contributed by atoms with Gasteiger partial charge in [0.2, 0.25) is 6.79 Å².